The lowest BCUT2D eigenvalue weighted by Gasteiger charge is -2.27. The van der Waals surface area contributed by atoms with Gasteiger partial charge in [0.25, 0.3) is 20.2 Å². The Kier molecular flexibility index (Phi) is 42.8. The Balaban J connectivity index is 1.20. The molecule has 0 aliphatic carbocycles. The number of amides is 13. The highest BCUT2D eigenvalue weighted by Gasteiger charge is 2.43. The van der Waals surface area contributed by atoms with Crippen molar-refractivity contribution in [3.05, 3.63) is 83.6 Å². The molecule has 131 heavy (non-hydrogen) atoms. The first kappa shape index (κ1) is 109. The molecule has 5 rings (SSSR count). The number of aliphatic imine (C=N–C) groups is 1. The molecular weight excluding hydrogens is 1780 g/mol. The molecule has 1 saturated heterocycles. The highest BCUT2D eigenvalue weighted by Crippen LogP contribution is 2.49. The van der Waals surface area contributed by atoms with E-state index in [0.717, 1.165) is 0 Å². The Morgan fingerprint density at radius 3 is 1.50 bits per heavy atom. The standard InChI is InChI=1S/C83H117N15O30S3/c1-46(2)39-58(75(115)87-43-66(101)91-59(45-129-9)80(120)88-47(3)73(113)86-42-65(100)84-8)96-81(121)61-17-16-37-98(61)67(102)44-128-38-35-85-74(114)53(24-30-68(103)104)92-77(117)55(26-32-70(107)108)94-79(119)57(28-34-72(111)112)95-78(118)56(27-33-71(109)110)93-76(116)54(25-31-69(105)106)90-64(99)20-14-11-15-36-97-60-29-22-49(131(125,126)127)41-51(60)83(6,7)63(97)19-13-10-12-18-62-82(4,5)50-40-48(130(122,123)124)21-23-52(50)89-62/h10,12-13,18-19,21-23,29,40-41,46-47,53-59,61H,11,14-17,20,24-28,30-39,42-45H2,1-9H3,(H,84,100)(H,85,114)(H,86,113)(H,87,115)(H,88,120)(H,90,99)(H,91,101)(H,92,117)(H,93,116)(H,94,119)(H,95,118)(H,96,121)(H,103,104)(H,105,106)(H,107,108)(H,109,110)(H,111,112)(H,122,123,124)(H,125,126,127)/b13-10+,18-12+,63-19+/t47-,53+,54+,55+,56+,57+,58-,59-,61-/m0/s1. The van der Waals surface area contributed by atoms with E-state index in [0.29, 0.717) is 53.2 Å². The van der Waals surface area contributed by atoms with Crippen molar-refractivity contribution < 1.29 is 143 Å². The number of likely N-dealkylation sites (tertiary alicyclic amines) is 1. The minimum atomic E-state index is -4.64. The number of anilines is 1. The number of nitrogens with one attached hydrogen (secondary N) is 12. The second-order valence-electron chi connectivity index (χ2n) is 32.5. The van der Waals surface area contributed by atoms with Crippen LogP contribution in [0.2, 0.25) is 0 Å². The van der Waals surface area contributed by atoms with Crippen LogP contribution < -0.4 is 68.7 Å². The summed E-state index contributed by atoms with van der Waals surface area (Å²) in [5.41, 5.74) is 1.90. The number of likely N-dealkylation sites (N-methyl/N-ethyl adjacent to an activating group) is 1. The molecule has 13 amide bonds. The normalized spacial score (nSPS) is 16.4. The average Bonchev–Trinajstić information content (AvgIpc) is 1.58. The second kappa shape index (κ2) is 51.4. The van der Waals surface area contributed by atoms with E-state index in [1.54, 1.807) is 56.5 Å². The summed E-state index contributed by atoms with van der Waals surface area (Å²) < 4.78 is 73.7. The lowest BCUT2D eigenvalue weighted by molar-refractivity contribution is -0.142. The molecule has 3 heterocycles. The molecule has 0 radical (unpaired) electrons. The van der Waals surface area contributed by atoms with Gasteiger partial charge in [-0.1, -0.05) is 66.2 Å². The molecule has 3 aliphatic rings. The molecule has 0 aromatic heterocycles. The van der Waals surface area contributed by atoms with Crippen molar-refractivity contribution in [1.29, 1.82) is 0 Å². The monoisotopic (exact) mass is 1900 g/mol. The molecule has 0 bridgehead atoms. The molecular formula is C83H117N15O30S3. The maximum atomic E-state index is 14.3. The number of ether oxygens (including phenoxy) is 1. The first-order valence-corrected chi connectivity index (χ1v) is 46.2. The van der Waals surface area contributed by atoms with E-state index in [-0.39, 0.29) is 66.8 Å². The van der Waals surface area contributed by atoms with Gasteiger partial charge >= 0.3 is 29.8 Å². The fourth-order valence-corrected chi connectivity index (χ4v) is 15.8. The van der Waals surface area contributed by atoms with Gasteiger partial charge in [0.15, 0.2) is 0 Å². The number of benzene rings is 2. The number of fused-ring (bicyclic) bond motifs is 2. The van der Waals surface area contributed by atoms with Crippen molar-refractivity contribution in [2.75, 3.05) is 69.9 Å². The first-order valence-electron chi connectivity index (χ1n) is 42.0. The van der Waals surface area contributed by atoms with E-state index in [1.165, 1.54) is 61.0 Å². The molecule has 45 nitrogen and oxygen atoms in total. The molecule has 0 spiro atoms. The van der Waals surface area contributed by atoms with E-state index in [1.807, 2.05) is 32.6 Å². The number of allylic oxidation sites excluding steroid dienone is 6. The van der Waals surface area contributed by atoms with Crippen molar-refractivity contribution in [3.63, 3.8) is 0 Å². The average molecular weight is 1900 g/mol. The number of aliphatic carboxylic acids is 5. The van der Waals surface area contributed by atoms with Gasteiger partial charge in [-0.05, 0) is 143 Å². The number of carboxylic acids is 5. The summed E-state index contributed by atoms with van der Waals surface area (Å²) in [5.74, 6) is -19.6. The SMILES string of the molecule is CNC(=O)CNC(=O)[C@H](C)NC(=O)[C@H](CSC)NC(=O)CNC(=O)[C@H](CC(C)C)NC(=O)[C@@H]1CCCN1C(=O)COCCNC(=O)[C@@H](CCC(=O)O)NC(=O)[C@@H](CCC(=O)O)NC(=O)[C@@H](CCC(=O)O)NC(=O)[C@@H](CCC(=O)O)NC(=O)[C@@H](CCC(=O)O)NC(=O)CCCCCN1/C(=C/C=C/C=C/C2=Nc3ccc(S(=O)(=O)O)cc3C2(C)C)C(C)(C)c2cc(S(=O)(=O)O)ccc21. The molecule has 2 aromatic rings. The van der Waals surface area contributed by atoms with Gasteiger partial charge in [-0.15, -0.1) is 0 Å². The zero-order valence-corrected chi connectivity index (χ0v) is 76.3. The second-order valence-corrected chi connectivity index (χ2v) is 36.3. The van der Waals surface area contributed by atoms with Crippen LogP contribution in [-0.4, -0.2) is 288 Å². The number of nitrogens with zero attached hydrogens (tertiary/aromatic N) is 3. The molecule has 0 unspecified atom stereocenters. The highest BCUT2D eigenvalue weighted by atomic mass is 32.2. The summed E-state index contributed by atoms with van der Waals surface area (Å²) >= 11 is 1.20. The van der Waals surface area contributed by atoms with Gasteiger partial charge in [0.1, 0.15) is 61.0 Å². The Labute approximate surface area is 760 Å². The van der Waals surface area contributed by atoms with E-state index in [4.69, 9.17) is 4.74 Å². The maximum Gasteiger partial charge on any atom is 0.303 e. The van der Waals surface area contributed by atoms with Crippen LogP contribution in [-0.2, 0) is 122 Å². The van der Waals surface area contributed by atoms with Crippen molar-refractivity contribution >= 4 is 156 Å². The van der Waals surface area contributed by atoms with Crippen molar-refractivity contribution in [2.24, 2.45) is 10.9 Å². The Morgan fingerprint density at radius 1 is 0.527 bits per heavy atom. The van der Waals surface area contributed by atoms with E-state index < -0.39 is 283 Å². The molecule has 3 aliphatic heterocycles. The van der Waals surface area contributed by atoms with Gasteiger partial charge in [-0.25, -0.2) is 0 Å². The smallest absolute Gasteiger partial charge is 0.303 e. The molecule has 19 N–H and O–H groups in total. The van der Waals surface area contributed by atoms with Crippen molar-refractivity contribution in [3.8, 4) is 0 Å². The third-order valence-corrected chi connectivity index (χ3v) is 23.6. The quantitative estimate of drug-likeness (QED) is 0.0228. The topological polar surface area (TPSA) is 690 Å². The lowest BCUT2D eigenvalue weighted by Crippen LogP contribution is -2.59. The van der Waals surface area contributed by atoms with Crippen molar-refractivity contribution in [1.82, 2.24) is 68.7 Å². The van der Waals surface area contributed by atoms with E-state index >= 15 is 0 Å². The fourth-order valence-electron chi connectivity index (χ4n) is 14.2. The third kappa shape index (κ3) is 35.2. The fraction of sp³-hybridized carbons (Fsp3) is 0.554. The number of carbonyl (C=O) groups is 18. The molecule has 9 atom stereocenters. The molecule has 0 saturated carbocycles. The van der Waals surface area contributed by atoms with Crippen molar-refractivity contribution in [2.45, 2.75) is 233 Å². The van der Waals surface area contributed by atoms with Crippen LogP contribution in [0.3, 0.4) is 0 Å². The number of thioether (sulfide) groups is 1. The summed E-state index contributed by atoms with van der Waals surface area (Å²) in [6, 6.07) is -5.72. The minimum absolute atomic E-state index is 0.0632. The summed E-state index contributed by atoms with van der Waals surface area (Å²) in [6.45, 7) is 10.2. The molecule has 48 heteroatoms. The number of unbranched alkanes of at least 4 members (excludes halogenated alkanes) is 2. The summed E-state index contributed by atoms with van der Waals surface area (Å²) in [6.07, 6.45) is 3.86. The Bertz CT molecular complexity index is 4940. The predicted molar refractivity (Wildman–Crippen MR) is 470 cm³/mol. The zero-order chi connectivity index (χ0) is 98.0. The predicted octanol–water partition coefficient (Wildman–Crippen LogP) is -0.368. The summed E-state index contributed by atoms with van der Waals surface area (Å²) in [4.78, 5) is 242. The minimum Gasteiger partial charge on any atom is -0.481 e. The largest absolute Gasteiger partial charge is 0.481 e. The van der Waals surface area contributed by atoms with Gasteiger partial charge in [-0.2, -0.15) is 28.6 Å². The molecule has 722 valence electrons. The van der Waals surface area contributed by atoms with Crippen LogP contribution >= 0.6 is 11.8 Å². The van der Waals surface area contributed by atoms with Crippen LogP contribution in [0, 0.1) is 5.92 Å². The number of hydrogen-bond donors (Lipinski definition) is 19. The number of carbonyl (C=O) groups excluding carboxylic acids is 13. The maximum absolute atomic E-state index is 14.3. The number of carboxylic acid groups (broad SMARTS) is 5. The Hall–Kier alpha value is -12.3. The van der Waals surface area contributed by atoms with Gasteiger partial charge in [0, 0.05) is 93.2 Å². The Morgan fingerprint density at radius 2 is 1.00 bits per heavy atom. The summed E-state index contributed by atoms with van der Waals surface area (Å²) in [5, 5.41) is 76.9. The third-order valence-electron chi connectivity index (χ3n) is 21.3. The zero-order valence-electron chi connectivity index (χ0n) is 73.9. The van der Waals surface area contributed by atoms with Crippen LogP contribution in [0.1, 0.15) is 169 Å². The van der Waals surface area contributed by atoms with Crippen LogP contribution in [0.5, 0.6) is 0 Å². The first-order chi connectivity index (χ1) is 61.4. The van der Waals surface area contributed by atoms with Gasteiger partial charge in [0.05, 0.1) is 40.9 Å². The van der Waals surface area contributed by atoms with E-state index in [2.05, 4.69) is 68.8 Å². The van der Waals surface area contributed by atoms with Crippen LogP contribution in [0.25, 0.3) is 0 Å². The molecule has 1 fully saturated rings. The lowest BCUT2D eigenvalue weighted by atomic mass is 9.81. The van der Waals surface area contributed by atoms with Crippen LogP contribution in [0.15, 0.2) is 87.3 Å². The highest BCUT2D eigenvalue weighted by molar-refractivity contribution is 7.98. The number of rotatable bonds is 56. The molecule has 2 aromatic carbocycles. The number of hydrogen-bond acceptors (Lipinski definition) is 26. The van der Waals surface area contributed by atoms with Gasteiger partial charge in [-0.3, -0.25) is 100 Å². The van der Waals surface area contributed by atoms with E-state index in [9.17, 15) is 138 Å². The van der Waals surface area contributed by atoms with Crippen LogP contribution in [0.4, 0.5) is 11.4 Å². The van der Waals surface area contributed by atoms with Gasteiger partial charge in [0.2, 0.25) is 76.8 Å². The van der Waals surface area contributed by atoms with Gasteiger partial charge < -0.3 is 104 Å². The summed E-state index contributed by atoms with van der Waals surface area (Å²) in [7, 11) is -7.76.